The standard InChI is InChI=1S/C18H38IN2O2PS2/c1-14(2)20(15(3)4)24(21(16(5)6)17(7)8)23-9-10-25-11-12-26-18(22)13-19/h14-17H,9-13H2,1-8H3. The van der Waals surface area contributed by atoms with Crippen LogP contribution in [-0.2, 0) is 9.32 Å². The van der Waals surface area contributed by atoms with Gasteiger partial charge in [-0.15, -0.1) is 0 Å². The van der Waals surface area contributed by atoms with Crippen molar-refractivity contribution in [2.45, 2.75) is 79.6 Å². The van der Waals surface area contributed by atoms with E-state index in [1.54, 1.807) is 0 Å². The number of carbonyl (C=O) groups is 1. The molecule has 156 valence electrons. The van der Waals surface area contributed by atoms with E-state index in [0.717, 1.165) is 23.9 Å². The predicted molar refractivity (Wildman–Crippen MR) is 131 cm³/mol. The van der Waals surface area contributed by atoms with Gasteiger partial charge in [0.15, 0.2) is 13.6 Å². The van der Waals surface area contributed by atoms with Crippen molar-refractivity contribution in [3.8, 4) is 0 Å². The highest BCUT2D eigenvalue weighted by Crippen LogP contribution is 2.50. The Morgan fingerprint density at radius 2 is 1.35 bits per heavy atom. The third kappa shape index (κ3) is 10.8. The van der Waals surface area contributed by atoms with Gasteiger partial charge in [0.05, 0.1) is 11.0 Å². The Hall–Kier alpha value is 1.41. The molecule has 0 aliphatic rings. The molecule has 0 rings (SSSR count). The molecule has 0 saturated carbocycles. The minimum Gasteiger partial charge on any atom is -0.330 e. The zero-order valence-corrected chi connectivity index (χ0v) is 22.4. The van der Waals surface area contributed by atoms with Crippen LogP contribution in [0.5, 0.6) is 0 Å². The van der Waals surface area contributed by atoms with Gasteiger partial charge in [-0.05, 0) is 55.4 Å². The van der Waals surface area contributed by atoms with E-state index in [2.05, 4.69) is 87.3 Å². The monoisotopic (exact) mass is 536 g/mol. The van der Waals surface area contributed by atoms with Crippen molar-refractivity contribution < 1.29 is 9.32 Å². The second-order valence-electron chi connectivity index (χ2n) is 7.19. The summed E-state index contributed by atoms with van der Waals surface area (Å²) in [4.78, 5) is 11.3. The van der Waals surface area contributed by atoms with Crippen LogP contribution in [0.3, 0.4) is 0 Å². The van der Waals surface area contributed by atoms with Gasteiger partial charge in [0.1, 0.15) is 0 Å². The molecule has 8 heteroatoms. The van der Waals surface area contributed by atoms with E-state index in [1.165, 1.54) is 11.8 Å². The Morgan fingerprint density at radius 3 is 1.73 bits per heavy atom. The molecule has 0 aliphatic carbocycles. The van der Waals surface area contributed by atoms with E-state index < -0.39 is 8.45 Å². The molecule has 4 nitrogen and oxygen atoms in total. The Morgan fingerprint density at radius 1 is 0.885 bits per heavy atom. The summed E-state index contributed by atoms with van der Waals surface area (Å²) >= 11 is 5.45. The highest BCUT2D eigenvalue weighted by atomic mass is 127. The molecular weight excluding hydrogens is 498 g/mol. The van der Waals surface area contributed by atoms with E-state index in [-0.39, 0.29) is 5.12 Å². The number of rotatable bonds is 14. The average Bonchev–Trinajstić information content (AvgIpc) is 2.51. The summed E-state index contributed by atoms with van der Waals surface area (Å²) in [6.45, 7) is 18.8. The lowest BCUT2D eigenvalue weighted by molar-refractivity contribution is -0.108. The summed E-state index contributed by atoms with van der Waals surface area (Å²) in [6, 6.07) is 1.79. The van der Waals surface area contributed by atoms with Crippen molar-refractivity contribution in [1.82, 2.24) is 9.34 Å². The van der Waals surface area contributed by atoms with E-state index in [4.69, 9.17) is 4.52 Å². The first-order valence-electron chi connectivity index (χ1n) is 9.42. The minimum atomic E-state index is -0.790. The van der Waals surface area contributed by atoms with Crippen molar-refractivity contribution in [3.63, 3.8) is 0 Å². The van der Waals surface area contributed by atoms with Crippen LogP contribution in [0.4, 0.5) is 0 Å². The highest BCUT2D eigenvalue weighted by Gasteiger charge is 2.34. The zero-order valence-electron chi connectivity index (χ0n) is 17.7. The van der Waals surface area contributed by atoms with Gasteiger partial charge in [0.2, 0.25) is 0 Å². The normalized spacial score (nSPS) is 12.8. The maximum atomic E-state index is 11.3. The summed E-state index contributed by atoms with van der Waals surface area (Å²) in [5, 5.41) is 0.278. The van der Waals surface area contributed by atoms with Gasteiger partial charge in [0.25, 0.3) is 0 Å². The van der Waals surface area contributed by atoms with E-state index >= 15 is 0 Å². The SMILES string of the molecule is CC(C)N(C(C)C)P(OCCSCCSC(=O)CI)N(C(C)C)C(C)C. The smallest absolute Gasteiger partial charge is 0.198 e. The van der Waals surface area contributed by atoms with Crippen molar-refractivity contribution in [2.75, 3.05) is 28.3 Å². The third-order valence-electron chi connectivity index (χ3n) is 3.55. The largest absolute Gasteiger partial charge is 0.330 e. The maximum absolute atomic E-state index is 11.3. The van der Waals surface area contributed by atoms with Crippen molar-refractivity contribution in [1.29, 1.82) is 0 Å². The Balaban J connectivity index is 4.70. The molecule has 0 atom stereocenters. The molecule has 0 aromatic carbocycles. The number of thioether (sulfide) groups is 2. The van der Waals surface area contributed by atoms with Gasteiger partial charge in [-0.1, -0.05) is 34.4 Å². The van der Waals surface area contributed by atoms with Gasteiger partial charge < -0.3 is 4.52 Å². The van der Waals surface area contributed by atoms with Gasteiger partial charge in [-0.3, -0.25) is 4.79 Å². The molecule has 0 amide bonds. The van der Waals surface area contributed by atoms with Gasteiger partial charge in [0, 0.05) is 41.4 Å². The fourth-order valence-corrected chi connectivity index (χ4v) is 7.41. The van der Waals surface area contributed by atoms with Crippen LogP contribution in [0.2, 0.25) is 0 Å². The summed E-state index contributed by atoms with van der Waals surface area (Å²) in [5.74, 6) is 2.88. The molecule has 0 N–H and O–H groups in total. The molecule has 0 fully saturated rings. The number of hydrogen-bond donors (Lipinski definition) is 0. The van der Waals surface area contributed by atoms with E-state index in [0.29, 0.717) is 28.6 Å². The minimum absolute atomic E-state index is 0.278. The van der Waals surface area contributed by atoms with E-state index in [9.17, 15) is 4.79 Å². The summed E-state index contributed by atoms with van der Waals surface area (Å²) in [5.41, 5.74) is 0. The first-order chi connectivity index (χ1) is 12.1. The summed E-state index contributed by atoms with van der Waals surface area (Å²) in [7, 11) is -0.790. The molecule has 0 heterocycles. The van der Waals surface area contributed by atoms with Gasteiger partial charge >= 0.3 is 0 Å². The number of halogens is 1. The van der Waals surface area contributed by atoms with Crippen LogP contribution in [-0.4, -0.2) is 66.9 Å². The van der Waals surface area contributed by atoms with Gasteiger partial charge in [-0.2, -0.15) is 11.8 Å². The van der Waals surface area contributed by atoms with Crippen molar-refractivity contribution >= 4 is 59.7 Å². The van der Waals surface area contributed by atoms with Gasteiger partial charge in [-0.25, -0.2) is 9.34 Å². The molecule has 0 aliphatic heterocycles. The Kier molecular flexibility index (Phi) is 16.1. The van der Waals surface area contributed by atoms with Crippen LogP contribution >= 0.6 is 54.6 Å². The number of carbonyl (C=O) groups excluding carboxylic acids is 1. The van der Waals surface area contributed by atoms with Crippen LogP contribution in [0, 0.1) is 0 Å². The first kappa shape index (κ1) is 27.4. The molecule has 0 bridgehead atoms. The topological polar surface area (TPSA) is 32.8 Å². The molecule has 0 aromatic rings. The summed E-state index contributed by atoms with van der Waals surface area (Å²) in [6.07, 6.45) is 0. The van der Waals surface area contributed by atoms with Crippen molar-refractivity contribution in [3.05, 3.63) is 0 Å². The van der Waals surface area contributed by atoms with E-state index in [1.807, 2.05) is 11.8 Å². The highest BCUT2D eigenvalue weighted by molar-refractivity contribution is 14.1. The second-order valence-corrected chi connectivity index (χ2v) is 12.0. The lowest BCUT2D eigenvalue weighted by Crippen LogP contribution is -2.43. The molecular formula is C18H38IN2O2PS2. The second kappa shape index (κ2) is 15.3. The van der Waals surface area contributed by atoms with Crippen LogP contribution < -0.4 is 0 Å². The molecule has 0 unspecified atom stereocenters. The average molecular weight is 537 g/mol. The number of nitrogens with zero attached hydrogens (tertiary/aromatic N) is 2. The van der Waals surface area contributed by atoms with Crippen LogP contribution in [0.1, 0.15) is 55.4 Å². The maximum Gasteiger partial charge on any atom is 0.198 e. The third-order valence-corrected chi connectivity index (χ3v) is 9.89. The Labute approximate surface area is 185 Å². The summed E-state index contributed by atoms with van der Waals surface area (Å²) < 4.78 is 12.1. The Bertz CT molecular complexity index is 352. The fourth-order valence-electron chi connectivity index (χ4n) is 2.77. The van der Waals surface area contributed by atoms with Crippen LogP contribution in [0.15, 0.2) is 0 Å². The molecule has 0 radical (unpaired) electrons. The lowest BCUT2D eigenvalue weighted by Gasteiger charge is -2.45. The molecule has 26 heavy (non-hydrogen) atoms. The quantitative estimate of drug-likeness (QED) is 0.119. The fraction of sp³-hybridized carbons (Fsp3) is 0.944. The predicted octanol–water partition coefficient (Wildman–Crippen LogP) is 5.90. The number of hydrogen-bond acceptors (Lipinski definition) is 6. The lowest BCUT2D eigenvalue weighted by atomic mass is 10.3. The zero-order chi connectivity index (χ0) is 20.3. The molecule has 0 saturated heterocycles. The van der Waals surface area contributed by atoms with Crippen LogP contribution in [0.25, 0.3) is 0 Å². The van der Waals surface area contributed by atoms with Crippen molar-refractivity contribution in [2.24, 2.45) is 0 Å². The first-order valence-corrected chi connectivity index (χ1v) is 14.2. The molecule has 0 aromatic heterocycles. The molecule has 0 spiro atoms. The number of alkyl halides is 1.